The average molecular weight is 527 g/mol. The van der Waals surface area contributed by atoms with Crippen LogP contribution in [-0.4, -0.2) is 53.0 Å². The molecule has 0 aliphatic carbocycles. The predicted molar refractivity (Wildman–Crippen MR) is 144 cm³/mol. The highest BCUT2D eigenvalue weighted by molar-refractivity contribution is 8.18. The van der Waals surface area contributed by atoms with Crippen molar-refractivity contribution in [1.82, 2.24) is 9.80 Å². The maximum Gasteiger partial charge on any atom is 0.293 e. The number of nitriles is 1. The van der Waals surface area contributed by atoms with Crippen LogP contribution in [-0.2, 0) is 11.3 Å². The van der Waals surface area contributed by atoms with Crippen molar-refractivity contribution in [2.24, 2.45) is 0 Å². The maximum absolute atomic E-state index is 13.2. The Morgan fingerprint density at radius 2 is 1.71 bits per heavy atom. The minimum absolute atomic E-state index is 0.0611. The Morgan fingerprint density at radius 1 is 0.974 bits per heavy atom. The number of carbonyl (C=O) groups is 3. The molecule has 7 nitrogen and oxygen atoms in total. The van der Waals surface area contributed by atoms with Gasteiger partial charge < -0.3 is 9.80 Å². The normalized spacial score (nSPS) is 16.7. The minimum Gasteiger partial charge on any atom is -0.367 e. The van der Waals surface area contributed by atoms with Gasteiger partial charge in [0.15, 0.2) is 0 Å². The summed E-state index contributed by atoms with van der Waals surface area (Å²) in [6.45, 7) is 2.33. The fraction of sp³-hybridized carbons (Fsp3) is 0.172. The van der Waals surface area contributed by atoms with Gasteiger partial charge >= 0.3 is 0 Å². The molecule has 0 unspecified atom stereocenters. The highest BCUT2D eigenvalue weighted by atomic mass is 32.2. The van der Waals surface area contributed by atoms with E-state index in [4.69, 9.17) is 0 Å². The van der Waals surface area contributed by atoms with E-state index >= 15 is 0 Å². The summed E-state index contributed by atoms with van der Waals surface area (Å²) in [5.74, 6) is -0.920. The van der Waals surface area contributed by atoms with Gasteiger partial charge in [-0.1, -0.05) is 36.4 Å². The topological polar surface area (TPSA) is 84.7 Å². The standard InChI is InChI=1S/C29H23FN4O3S/c30-24-10-8-20(9-11-24)19-34-28(36)26(38-29(34)37)17-21-4-3-6-22(16-21)27(35)33-14-12-32(13-15-33)25-7-2-1-5-23(25)18-31/h1-11,16-17H,12-15,19H2/b26-17-. The van der Waals surface area contributed by atoms with E-state index in [-0.39, 0.29) is 23.2 Å². The van der Waals surface area contributed by atoms with Crippen molar-refractivity contribution in [3.8, 4) is 6.07 Å². The van der Waals surface area contributed by atoms with Crippen LogP contribution in [0.15, 0.2) is 77.7 Å². The molecule has 9 heteroatoms. The zero-order valence-electron chi connectivity index (χ0n) is 20.3. The van der Waals surface area contributed by atoms with Crippen LogP contribution in [0.5, 0.6) is 0 Å². The lowest BCUT2D eigenvalue weighted by Gasteiger charge is -2.36. The van der Waals surface area contributed by atoms with Gasteiger partial charge in [-0.3, -0.25) is 19.3 Å². The Balaban J connectivity index is 1.25. The molecule has 190 valence electrons. The third-order valence-electron chi connectivity index (χ3n) is 6.49. The number of benzene rings is 3. The summed E-state index contributed by atoms with van der Waals surface area (Å²) >= 11 is 0.843. The molecular weight excluding hydrogens is 503 g/mol. The van der Waals surface area contributed by atoms with Gasteiger partial charge in [0.1, 0.15) is 11.9 Å². The molecule has 2 aliphatic heterocycles. The Kier molecular flexibility index (Phi) is 7.24. The van der Waals surface area contributed by atoms with Gasteiger partial charge in [0.2, 0.25) is 0 Å². The summed E-state index contributed by atoms with van der Waals surface area (Å²) in [5.41, 5.74) is 3.28. The SMILES string of the molecule is N#Cc1ccccc1N1CCN(C(=O)c2cccc(/C=C3\SC(=O)N(Cc4ccc(F)cc4)C3=O)c2)CC1. The molecule has 3 aromatic rings. The number of imide groups is 1. The second kappa shape index (κ2) is 10.9. The molecule has 0 atom stereocenters. The van der Waals surface area contributed by atoms with Gasteiger partial charge in [0.25, 0.3) is 17.1 Å². The van der Waals surface area contributed by atoms with Crippen LogP contribution < -0.4 is 4.90 Å². The number of anilines is 1. The number of para-hydroxylation sites is 1. The number of carbonyl (C=O) groups excluding carboxylic acids is 3. The molecule has 2 saturated heterocycles. The summed E-state index contributed by atoms with van der Waals surface area (Å²) in [7, 11) is 0. The number of amides is 3. The van der Waals surface area contributed by atoms with Crippen molar-refractivity contribution in [3.05, 3.63) is 106 Å². The van der Waals surface area contributed by atoms with E-state index in [1.54, 1.807) is 53.4 Å². The molecule has 5 rings (SSSR count). The molecule has 3 aromatic carbocycles. The molecule has 2 aliphatic rings. The highest BCUT2D eigenvalue weighted by Crippen LogP contribution is 2.33. The van der Waals surface area contributed by atoms with E-state index in [1.807, 2.05) is 18.2 Å². The molecule has 3 amide bonds. The number of thioether (sulfide) groups is 1. The van der Waals surface area contributed by atoms with Crippen molar-refractivity contribution in [2.45, 2.75) is 6.54 Å². The van der Waals surface area contributed by atoms with Crippen LogP contribution in [0.2, 0.25) is 0 Å². The average Bonchev–Trinajstić information content (AvgIpc) is 3.21. The van der Waals surface area contributed by atoms with Gasteiger partial charge in [-0.15, -0.1) is 0 Å². The van der Waals surface area contributed by atoms with Gasteiger partial charge in [-0.25, -0.2) is 4.39 Å². The fourth-order valence-corrected chi connectivity index (χ4v) is 5.34. The number of hydrogen-bond acceptors (Lipinski definition) is 6. The number of rotatable bonds is 5. The molecular formula is C29H23FN4O3S. The lowest BCUT2D eigenvalue weighted by molar-refractivity contribution is -0.123. The molecule has 0 bridgehead atoms. The van der Waals surface area contributed by atoms with E-state index in [2.05, 4.69) is 11.0 Å². The molecule has 0 aromatic heterocycles. The summed E-state index contributed by atoms with van der Waals surface area (Å²) in [4.78, 5) is 43.9. The Morgan fingerprint density at radius 3 is 2.45 bits per heavy atom. The van der Waals surface area contributed by atoms with Gasteiger partial charge in [-0.05, 0) is 65.4 Å². The first kappa shape index (κ1) is 25.2. The van der Waals surface area contributed by atoms with Gasteiger partial charge in [0.05, 0.1) is 22.7 Å². The molecule has 0 saturated carbocycles. The number of nitrogens with zero attached hydrogens (tertiary/aromatic N) is 4. The Hall–Kier alpha value is -4.42. The summed E-state index contributed by atoms with van der Waals surface area (Å²) in [6, 6.07) is 22.3. The summed E-state index contributed by atoms with van der Waals surface area (Å²) in [6.07, 6.45) is 1.61. The first-order valence-corrected chi connectivity index (χ1v) is 12.9. The van der Waals surface area contributed by atoms with Crippen molar-refractivity contribution >= 4 is 40.6 Å². The lowest BCUT2D eigenvalue weighted by atomic mass is 10.1. The van der Waals surface area contributed by atoms with Crippen LogP contribution in [0.25, 0.3) is 6.08 Å². The molecule has 2 heterocycles. The Bertz CT molecular complexity index is 1470. The number of piperazine rings is 1. The molecule has 0 spiro atoms. The summed E-state index contributed by atoms with van der Waals surface area (Å²) < 4.78 is 13.2. The van der Waals surface area contributed by atoms with E-state index in [1.165, 1.54) is 12.1 Å². The zero-order chi connectivity index (χ0) is 26.6. The van der Waals surface area contributed by atoms with Crippen molar-refractivity contribution < 1.29 is 18.8 Å². The Labute approximate surface area is 223 Å². The molecule has 38 heavy (non-hydrogen) atoms. The third kappa shape index (κ3) is 5.31. The van der Waals surface area contributed by atoms with Gasteiger partial charge in [0, 0.05) is 31.7 Å². The molecule has 2 fully saturated rings. The second-order valence-corrected chi connectivity index (χ2v) is 9.92. The van der Waals surface area contributed by atoms with E-state index in [9.17, 15) is 24.0 Å². The molecule has 0 N–H and O–H groups in total. The van der Waals surface area contributed by atoms with Crippen molar-refractivity contribution in [2.75, 3.05) is 31.1 Å². The van der Waals surface area contributed by atoms with Crippen molar-refractivity contribution in [3.63, 3.8) is 0 Å². The molecule has 0 radical (unpaired) electrons. The lowest BCUT2D eigenvalue weighted by Crippen LogP contribution is -2.49. The van der Waals surface area contributed by atoms with Crippen LogP contribution in [0.1, 0.15) is 27.0 Å². The summed E-state index contributed by atoms with van der Waals surface area (Å²) in [5, 5.41) is 8.99. The first-order chi connectivity index (χ1) is 18.4. The van der Waals surface area contributed by atoms with Crippen LogP contribution >= 0.6 is 11.8 Å². The minimum atomic E-state index is -0.421. The quantitative estimate of drug-likeness (QED) is 0.440. The zero-order valence-corrected chi connectivity index (χ0v) is 21.2. The van der Waals surface area contributed by atoms with E-state index in [0.717, 1.165) is 22.3 Å². The van der Waals surface area contributed by atoms with E-state index in [0.29, 0.717) is 48.4 Å². The third-order valence-corrected chi connectivity index (χ3v) is 7.40. The largest absolute Gasteiger partial charge is 0.367 e. The highest BCUT2D eigenvalue weighted by Gasteiger charge is 2.35. The monoisotopic (exact) mass is 526 g/mol. The van der Waals surface area contributed by atoms with Crippen LogP contribution in [0.3, 0.4) is 0 Å². The second-order valence-electron chi connectivity index (χ2n) is 8.93. The predicted octanol–water partition coefficient (Wildman–Crippen LogP) is 4.90. The van der Waals surface area contributed by atoms with Crippen LogP contribution in [0.4, 0.5) is 14.9 Å². The first-order valence-electron chi connectivity index (χ1n) is 12.1. The smallest absolute Gasteiger partial charge is 0.293 e. The van der Waals surface area contributed by atoms with E-state index < -0.39 is 11.1 Å². The number of halogens is 1. The maximum atomic E-state index is 13.2. The number of hydrogen-bond donors (Lipinski definition) is 0. The van der Waals surface area contributed by atoms with Crippen LogP contribution in [0, 0.1) is 17.1 Å². The fourth-order valence-electron chi connectivity index (χ4n) is 4.50. The van der Waals surface area contributed by atoms with Gasteiger partial charge in [-0.2, -0.15) is 5.26 Å². The van der Waals surface area contributed by atoms with Crippen molar-refractivity contribution in [1.29, 1.82) is 5.26 Å².